The van der Waals surface area contributed by atoms with E-state index in [4.69, 9.17) is 5.73 Å². The van der Waals surface area contributed by atoms with Crippen LogP contribution in [0.25, 0.3) is 0 Å². The minimum Gasteiger partial charge on any atom is -0.355 e. The number of nitrogens with zero attached hydrogens (tertiary/aromatic N) is 1. The molecule has 0 saturated carbocycles. The van der Waals surface area contributed by atoms with Crippen molar-refractivity contribution in [2.45, 2.75) is 19.4 Å². The molecular weight excluding hydrogens is 250 g/mol. The van der Waals surface area contributed by atoms with Gasteiger partial charge in [0.15, 0.2) is 0 Å². The molecule has 0 saturated heterocycles. The average Bonchev–Trinajstić information content (AvgIpc) is 2.88. The Bertz CT molecular complexity index is 392. The standard InChI is InChI=1S/C12H19N3O2S/c1-3-6-14-10(16)8-15(2)12(17)11(13)9-5-4-7-18-9/h4-5,7,11H,3,6,8,13H2,1-2H3,(H,14,16). The lowest BCUT2D eigenvalue weighted by Gasteiger charge is -2.20. The van der Waals surface area contributed by atoms with Crippen LogP contribution in [-0.4, -0.2) is 36.9 Å². The minimum atomic E-state index is -0.686. The molecule has 1 unspecified atom stereocenters. The van der Waals surface area contributed by atoms with Gasteiger partial charge in [0.25, 0.3) is 0 Å². The molecule has 0 aliphatic rings. The molecule has 2 amide bonds. The molecule has 0 aliphatic carbocycles. The zero-order valence-corrected chi connectivity index (χ0v) is 11.5. The zero-order chi connectivity index (χ0) is 13.5. The van der Waals surface area contributed by atoms with Crippen LogP contribution >= 0.6 is 11.3 Å². The van der Waals surface area contributed by atoms with Gasteiger partial charge in [-0.2, -0.15) is 0 Å². The number of thiophene rings is 1. The van der Waals surface area contributed by atoms with Gasteiger partial charge in [-0.3, -0.25) is 9.59 Å². The van der Waals surface area contributed by atoms with Gasteiger partial charge < -0.3 is 16.0 Å². The van der Waals surface area contributed by atoms with Crippen molar-refractivity contribution in [2.24, 2.45) is 5.73 Å². The molecule has 1 aromatic rings. The Morgan fingerprint density at radius 3 is 2.83 bits per heavy atom. The normalized spacial score (nSPS) is 11.9. The largest absolute Gasteiger partial charge is 0.355 e. The summed E-state index contributed by atoms with van der Waals surface area (Å²) >= 11 is 1.44. The van der Waals surface area contributed by atoms with Gasteiger partial charge in [-0.25, -0.2) is 0 Å². The van der Waals surface area contributed by atoms with Crippen LogP contribution < -0.4 is 11.1 Å². The highest BCUT2D eigenvalue weighted by molar-refractivity contribution is 7.10. The number of carbonyl (C=O) groups excluding carboxylic acids is 2. The monoisotopic (exact) mass is 269 g/mol. The predicted octanol–water partition coefficient (Wildman–Crippen LogP) is 0.733. The molecule has 18 heavy (non-hydrogen) atoms. The molecule has 1 aromatic heterocycles. The summed E-state index contributed by atoms with van der Waals surface area (Å²) in [4.78, 5) is 25.6. The van der Waals surface area contributed by atoms with Crippen LogP contribution in [0.3, 0.4) is 0 Å². The van der Waals surface area contributed by atoms with Gasteiger partial charge >= 0.3 is 0 Å². The maximum atomic E-state index is 12.0. The molecule has 0 radical (unpaired) electrons. The van der Waals surface area contributed by atoms with Crippen molar-refractivity contribution >= 4 is 23.2 Å². The average molecular weight is 269 g/mol. The summed E-state index contributed by atoms with van der Waals surface area (Å²) in [5.41, 5.74) is 5.85. The van der Waals surface area contributed by atoms with E-state index in [9.17, 15) is 9.59 Å². The Kier molecular flexibility index (Phi) is 5.80. The third kappa shape index (κ3) is 4.12. The van der Waals surface area contributed by atoms with E-state index in [2.05, 4.69) is 5.32 Å². The molecule has 1 heterocycles. The van der Waals surface area contributed by atoms with E-state index in [0.29, 0.717) is 6.54 Å². The van der Waals surface area contributed by atoms with E-state index in [-0.39, 0.29) is 18.4 Å². The fraction of sp³-hybridized carbons (Fsp3) is 0.500. The highest BCUT2D eigenvalue weighted by Crippen LogP contribution is 2.18. The highest BCUT2D eigenvalue weighted by atomic mass is 32.1. The van der Waals surface area contributed by atoms with E-state index in [1.54, 1.807) is 7.05 Å². The van der Waals surface area contributed by atoms with Crippen LogP contribution in [0, 0.1) is 0 Å². The van der Waals surface area contributed by atoms with Gasteiger partial charge in [0.1, 0.15) is 6.04 Å². The zero-order valence-electron chi connectivity index (χ0n) is 10.7. The summed E-state index contributed by atoms with van der Waals surface area (Å²) in [6.07, 6.45) is 0.873. The molecule has 100 valence electrons. The number of hydrogen-bond acceptors (Lipinski definition) is 4. The van der Waals surface area contributed by atoms with Gasteiger partial charge in [-0.15, -0.1) is 11.3 Å². The maximum Gasteiger partial charge on any atom is 0.245 e. The Morgan fingerprint density at radius 2 is 2.28 bits per heavy atom. The molecule has 0 aromatic carbocycles. The number of nitrogens with one attached hydrogen (secondary N) is 1. The van der Waals surface area contributed by atoms with Gasteiger partial charge in [-0.05, 0) is 17.9 Å². The molecule has 0 bridgehead atoms. The van der Waals surface area contributed by atoms with Crippen molar-refractivity contribution in [1.29, 1.82) is 0 Å². The fourth-order valence-corrected chi connectivity index (χ4v) is 2.16. The van der Waals surface area contributed by atoms with Gasteiger partial charge in [0.2, 0.25) is 11.8 Å². The highest BCUT2D eigenvalue weighted by Gasteiger charge is 2.21. The van der Waals surface area contributed by atoms with Crippen LogP contribution in [0.5, 0.6) is 0 Å². The van der Waals surface area contributed by atoms with E-state index in [0.717, 1.165) is 11.3 Å². The Hall–Kier alpha value is -1.40. The molecular formula is C12H19N3O2S. The topological polar surface area (TPSA) is 75.4 Å². The summed E-state index contributed by atoms with van der Waals surface area (Å²) < 4.78 is 0. The predicted molar refractivity (Wildman–Crippen MR) is 72.2 cm³/mol. The van der Waals surface area contributed by atoms with E-state index < -0.39 is 6.04 Å². The van der Waals surface area contributed by atoms with E-state index in [1.807, 2.05) is 24.4 Å². The quantitative estimate of drug-likeness (QED) is 0.799. The number of carbonyl (C=O) groups is 2. The first-order valence-corrected chi connectivity index (χ1v) is 6.75. The van der Waals surface area contributed by atoms with Crippen molar-refractivity contribution < 1.29 is 9.59 Å². The second kappa shape index (κ2) is 7.13. The second-order valence-electron chi connectivity index (χ2n) is 4.04. The minimum absolute atomic E-state index is 0.0396. The Balaban J connectivity index is 2.48. The Morgan fingerprint density at radius 1 is 1.56 bits per heavy atom. The van der Waals surface area contributed by atoms with Crippen LogP contribution in [0.2, 0.25) is 0 Å². The van der Waals surface area contributed by atoms with Gasteiger partial charge in [0, 0.05) is 18.5 Å². The van der Waals surface area contributed by atoms with Crippen molar-refractivity contribution in [3.8, 4) is 0 Å². The molecule has 0 spiro atoms. The summed E-state index contributed by atoms with van der Waals surface area (Å²) in [6, 6.07) is 2.98. The summed E-state index contributed by atoms with van der Waals surface area (Å²) in [5, 5.41) is 4.59. The summed E-state index contributed by atoms with van der Waals surface area (Å²) in [5.74, 6) is -0.407. The first-order valence-electron chi connectivity index (χ1n) is 5.87. The first-order chi connectivity index (χ1) is 8.56. The van der Waals surface area contributed by atoms with Crippen LogP contribution in [0.4, 0.5) is 0 Å². The number of amides is 2. The van der Waals surface area contributed by atoms with Crippen LogP contribution in [0.15, 0.2) is 17.5 Å². The Labute approximate surface area is 111 Å². The smallest absolute Gasteiger partial charge is 0.245 e. The molecule has 3 N–H and O–H groups in total. The molecule has 0 aliphatic heterocycles. The fourth-order valence-electron chi connectivity index (χ4n) is 1.44. The maximum absolute atomic E-state index is 12.0. The number of nitrogens with two attached hydrogens (primary N) is 1. The van der Waals surface area contributed by atoms with Crippen LogP contribution in [0.1, 0.15) is 24.3 Å². The molecule has 5 nitrogen and oxygen atoms in total. The lowest BCUT2D eigenvalue weighted by molar-refractivity contribution is -0.135. The molecule has 6 heteroatoms. The number of rotatable bonds is 6. The van der Waals surface area contributed by atoms with Crippen molar-refractivity contribution in [3.63, 3.8) is 0 Å². The molecule has 0 fully saturated rings. The number of likely N-dealkylation sites (N-methyl/N-ethyl adjacent to an activating group) is 1. The van der Waals surface area contributed by atoms with Gasteiger partial charge in [-0.1, -0.05) is 13.0 Å². The number of hydrogen-bond donors (Lipinski definition) is 2. The van der Waals surface area contributed by atoms with Crippen molar-refractivity contribution in [2.75, 3.05) is 20.1 Å². The molecule has 1 rings (SSSR count). The third-order valence-electron chi connectivity index (χ3n) is 2.44. The van der Waals surface area contributed by atoms with E-state index in [1.165, 1.54) is 16.2 Å². The van der Waals surface area contributed by atoms with E-state index >= 15 is 0 Å². The van der Waals surface area contributed by atoms with Crippen molar-refractivity contribution in [1.82, 2.24) is 10.2 Å². The van der Waals surface area contributed by atoms with Gasteiger partial charge in [0.05, 0.1) is 6.54 Å². The SMILES string of the molecule is CCCNC(=O)CN(C)C(=O)C(N)c1cccs1. The first kappa shape index (κ1) is 14.7. The van der Waals surface area contributed by atoms with Crippen molar-refractivity contribution in [3.05, 3.63) is 22.4 Å². The molecule has 1 atom stereocenters. The van der Waals surface area contributed by atoms with Crippen LogP contribution in [-0.2, 0) is 9.59 Å². The third-order valence-corrected chi connectivity index (χ3v) is 3.40. The summed E-state index contributed by atoms with van der Waals surface area (Å²) in [7, 11) is 1.58. The lowest BCUT2D eigenvalue weighted by atomic mass is 10.2. The second-order valence-corrected chi connectivity index (χ2v) is 5.02. The lowest BCUT2D eigenvalue weighted by Crippen LogP contribution is -2.42. The summed E-state index contributed by atoms with van der Waals surface area (Å²) in [6.45, 7) is 2.64.